The predicted octanol–water partition coefficient (Wildman–Crippen LogP) is 1.15. The molecule has 1 aliphatic heterocycles. The number of hydrogen-bond donors (Lipinski definition) is 1. The lowest BCUT2D eigenvalue weighted by molar-refractivity contribution is 0.0493. The molecule has 15 heavy (non-hydrogen) atoms. The molecular weight excluding hydrogens is 188 g/mol. The molecule has 0 fully saturated rings. The molecule has 0 saturated heterocycles. The molecule has 1 atom stereocenters. The minimum Gasteiger partial charge on any atom is -0.375 e. The third-order valence-electron chi connectivity index (χ3n) is 2.95. The Morgan fingerprint density at radius 1 is 1.47 bits per heavy atom. The van der Waals surface area contributed by atoms with Gasteiger partial charge in [-0.05, 0) is 11.1 Å². The SMILES string of the molecule is COC1CN(CCN)Cc2ccccc21. The van der Waals surface area contributed by atoms with Crippen LogP contribution in [-0.4, -0.2) is 31.6 Å². The smallest absolute Gasteiger partial charge is 0.0951 e. The van der Waals surface area contributed by atoms with E-state index in [1.54, 1.807) is 7.11 Å². The molecule has 0 amide bonds. The average molecular weight is 206 g/mol. The Labute approximate surface area is 90.8 Å². The standard InChI is InChI=1S/C12H18N2O/c1-15-12-9-14(7-6-13)8-10-4-2-3-5-11(10)12/h2-5,12H,6-9,13H2,1H3. The maximum Gasteiger partial charge on any atom is 0.0951 e. The fourth-order valence-electron chi connectivity index (χ4n) is 2.19. The van der Waals surface area contributed by atoms with Crippen LogP contribution in [-0.2, 0) is 11.3 Å². The molecule has 1 aliphatic rings. The van der Waals surface area contributed by atoms with E-state index in [0.29, 0.717) is 6.54 Å². The van der Waals surface area contributed by atoms with Crippen molar-refractivity contribution >= 4 is 0 Å². The molecule has 0 bridgehead atoms. The number of benzene rings is 1. The summed E-state index contributed by atoms with van der Waals surface area (Å²) >= 11 is 0. The number of rotatable bonds is 3. The van der Waals surface area contributed by atoms with Gasteiger partial charge in [0.25, 0.3) is 0 Å². The van der Waals surface area contributed by atoms with Crippen LogP contribution < -0.4 is 5.73 Å². The first-order chi connectivity index (χ1) is 7.35. The maximum atomic E-state index is 5.58. The summed E-state index contributed by atoms with van der Waals surface area (Å²) in [6.07, 6.45) is 0.196. The quantitative estimate of drug-likeness (QED) is 0.806. The van der Waals surface area contributed by atoms with E-state index in [1.807, 2.05) is 0 Å². The zero-order valence-corrected chi connectivity index (χ0v) is 9.15. The Hall–Kier alpha value is -0.900. The first-order valence-electron chi connectivity index (χ1n) is 5.38. The lowest BCUT2D eigenvalue weighted by Crippen LogP contribution is -2.37. The molecule has 82 valence electrons. The molecule has 1 heterocycles. The molecule has 1 aromatic carbocycles. The largest absolute Gasteiger partial charge is 0.375 e. The number of ether oxygens (including phenoxy) is 1. The Balaban J connectivity index is 2.22. The Morgan fingerprint density at radius 3 is 3.00 bits per heavy atom. The molecule has 0 spiro atoms. The first-order valence-corrected chi connectivity index (χ1v) is 5.38. The highest BCUT2D eigenvalue weighted by atomic mass is 16.5. The van der Waals surface area contributed by atoms with Gasteiger partial charge in [-0.25, -0.2) is 0 Å². The van der Waals surface area contributed by atoms with E-state index in [1.165, 1.54) is 11.1 Å². The van der Waals surface area contributed by atoms with Crippen molar-refractivity contribution in [2.75, 3.05) is 26.7 Å². The summed E-state index contributed by atoms with van der Waals surface area (Å²) < 4.78 is 5.51. The van der Waals surface area contributed by atoms with Gasteiger partial charge in [-0.1, -0.05) is 24.3 Å². The van der Waals surface area contributed by atoms with Crippen molar-refractivity contribution < 1.29 is 4.74 Å². The Morgan fingerprint density at radius 2 is 2.27 bits per heavy atom. The summed E-state index contributed by atoms with van der Waals surface area (Å²) in [5.41, 5.74) is 8.28. The monoisotopic (exact) mass is 206 g/mol. The molecule has 3 nitrogen and oxygen atoms in total. The summed E-state index contributed by atoms with van der Waals surface area (Å²) in [6.45, 7) is 3.59. The van der Waals surface area contributed by atoms with E-state index in [0.717, 1.165) is 19.6 Å². The average Bonchev–Trinajstić information content (AvgIpc) is 2.28. The summed E-state index contributed by atoms with van der Waals surface area (Å²) in [4.78, 5) is 2.34. The van der Waals surface area contributed by atoms with Crippen LogP contribution in [0.25, 0.3) is 0 Å². The second-order valence-electron chi connectivity index (χ2n) is 3.95. The van der Waals surface area contributed by atoms with Crippen LogP contribution >= 0.6 is 0 Å². The van der Waals surface area contributed by atoms with Crippen molar-refractivity contribution in [2.45, 2.75) is 12.6 Å². The second kappa shape index (κ2) is 4.75. The van der Waals surface area contributed by atoms with Crippen LogP contribution in [0.3, 0.4) is 0 Å². The van der Waals surface area contributed by atoms with E-state index in [2.05, 4.69) is 29.2 Å². The number of hydrogen-bond acceptors (Lipinski definition) is 3. The van der Waals surface area contributed by atoms with Crippen LogP contribution in [0.5, 0.6) is 0 Å². The first kappa shape index (κ1) is 10.6. The lowest BCUT2D eigenvalue weighted by atomic mass is 9.97. The predicted molar refractivity (Wildman–Crippen MR) is 60.5 cm³/mol. The van der Waals surface area contributed by atoms with Crippen molar-refractivity contribution in [3.8, 4) is 0 Å². The summed E-state index contributed by atoms with van der Waals surface area (Å²) in [5.74, 6) is 0. The van der Waals surface area contributed by atoms with E-state index in [-0.39, 0.29) is 6.10 Å². The van der Waals surface area contributed by atoms with Gasteiger partial charge in [-0.2, -0.15) is 0 Å². The Kier molecular flexibility index (Phi) is 3.36. The maximum absolute atomic E-state index is 5.58. The van der Waals surface area contributed by atoms with Gasteiger partial charge < -0.3 is 10.5 Å². The van der Waals surface area contributed by atoms with Crippen LogP contribution in [0.1, 0.15) is 17.2 Å². The molecular formula is C12H18N2O. The van der Waals surface area contributed by atoms with Crippen LogP contribution in [0.2, 0.25) is 0 Å². The van der Waals surface area contributed by atoms with Crippen LogP contribution in [0.4, 0.5) is 0 Å². The van der Waals surface area contributed by atoms with Gasteiger partial charge in [-0.3, -0.25) is 4.90 Å². The van der Waals surface area contributed by atoms with Crippen LogP contribution in [0, 0.1) is 0 Å². The molecule has 0 aliphatic carbocycles. The summed E-state index contributed by atoms with van der Waals surface area (Å²) in [7, 11) is 1.77. The van der Waals surface area contributed by atoms with E-state index < -0.39 is 0 Å². The van der Waals surface area contributed by atoms with Gasteiger partial charge >= 0.3 is 0 Å². The van der Waals surface area contributed by atoms with Crippen molar-refractivity contribution in [3.63, 3.8) is 0 Å². The lowest BCUT2D eigenvalue weighted by Gasteiger charge is -2.33. The summed E-state index contributed by atoms with van der Waals surface area (Å²) in [5, 5.41) is 0. The number of methoxy groups -OCH3 is 1. The normalized spacial score (nSPS) is 21.3. The minimum atomic E-state index is 0.196. The van der Waals surface area contributed by atoms with Gasteiger partial charge in [0.1, 0.15) is 0 Å². The van der Waals surface area contributed by atoms with E-state index in [9.17, 15) is 0 Å². The van der Waals surface area contributed by atoms with Crippen molar-refractivity contribution in [2.24, 2.45) is 5.73 Å². The molecule has 2 N–H and O–H groups in total. The van der Waals surface area contributed by atoms with Gasteiger partial charge in [-0.15, -0.1) is 0 Å². The second-order valence-corrected chi connectivity index (χ2v) is 3.95. The van der Waals surface area contributed by atoms with Gasteiger partial charge in [0.05, 0.1) is 6.10 Å². The number of fused-ring (bicyclic) bond motifs is 1. The zero-order valence-electron chi connectivity index (χ0n) is 9.15. The molecule has 1 aromatic rings. The third-order valence-corrected chi connectivity index (χ3v) is 2.95. The third kappa shape index (κ3) is 2.20. The van der Waals surface area contributed by atoms with E-state index in [4.69, 9.17) is 10.5 Å². The molecule has 0 radical (unpaired) electrons. The fraction of sp³-hybridized carbons (Fsp3) is 0.500. The molecule has 2 rings (SSSR count). The molecule has 0 aromatic heterocycles. The molecule has 1 unspecified atom stereocenters. The van der Waals surface area contributed by atoms with Crippen molar-refractivity contribution in [1.29, 1.82) is 0 Å². The molecule has 3 heteroatoms. The van der Waals surface area contributed by atoms with Gasteiger partial charge in [0.2, 0.25) is 0 Å². The van der Waals surface area contributed by atoms with E-state index >= 15 is 0 Å². The molecule has 0 saturated carbocycles. The van der Waals surface area contributed by atoms with Gasteiger partial charge in [0, 0.05) is 33.3 Å². The highest BCUT2D eigenvalue weighted by Crippen LogP contribution is 2.27. The number of nitrogens with zero attached hydrogens (tertiary/aromatic N) is 1. The van der Waals surface area contributed by atoms with Crippen LogP contribution in [0.15, 0.2) is 24.3 Å². The Bertz CT molecular complexity index is 327. The summed E-state index contributed by atoms with van der Waals surface area (Å²) in [6, 6.07) is 8.48. The topological polar surface area (TPSA) is 38.5 Å². The van der Waals surface area contributed by atoms with Crippen molar-refractivity contribution in [1.82, 2.24) is 4.90 Å². The minimum absolute atomic E-state index is 0.196. The van der Waals surface area contributed by atoms with Crippen molar-refractivity contribution in [3.05, 3.63) is 35.4 Å². The highest BCUT2D eigenvalue weighted by Gasteiger charge is 2.23. The zero-order chi connectivity index (χ0) is 10.7. The van der Waals surface area contributed by atoms with Gasteiger partial charge in [0.15, 0.2) is 0 Å². The highest BCUT2D eigenvalue weighted by molar-refractivity contribution is 5.31. The number of nitrogens with two attached hydrogens (primary N) is 1. The fourth-order valence-corrected chi connectivity index (χ4v) is 2.19.